The van der Waals surface area contributed by atoms with E-state index < -0.39 is 15.9 Å². The fraction of sp³-hybridized carbons (Fsp3) is 0.235. The molecule has 24 heavy (non-hydrogen) atoms. The van der Waals surface area contributed by atoms with Gasteiger partial charge >= 0.3 is 0 Å². The molecule has 2 aromatic rings. The Morgan fingerprint density at radius 2 is 1.83 bits per heavy atom. The van der Waals surface area contributed by atoms with E-state index in [2.05, 4.69) is 0 Å². The quantitative estimate of drug-likeness (QED) is 0.855. The minimum Gasteiger partial charge on any atom is -0.366 e. The molecule has 3 rings (SSSR count). The number of nitrogens with zero attached hydrogens (tertiary/aromatic N) is 1. The summed E-state index contributed by atoms with van der Waals surface area (Å²) in [7, 11) is -3.63. The van der Waals surface area contributed by atoms with E-state index in [9.17, 15) is 13.2 Å². The maximum atomic E-state index is 12.9. The van der Waals surface area contributed by atoms with Crippen molar-refractivity contribution in [2.45, 2.75) is 30.3 Å². The summed E-state index contributed by atoms with van der Waals surface area (Å²) in [6.45, 7) is 0.249. The Labute approximate surface area is 146 Å². The molecule has 2 aromatic carbocycles. The van der Waals surface area contributed by atoms with Gasteiger partial charge in [-0.15, -0.1) is 0 Å². The molecule has 0 saturated heterocycles. The van der Waals surface area contributed by atoms with Gasteiger partial charge in [-0.2, -0.15) is 4.31 Å². The van der Waals surface area contributed by atoms with Crippen molar-refractivity contribution in [2.75, 3.05) is 0 Å². The molecule has 0 aromatic heterocycles. The lowest BCUT2D eigenvalue weighted by Crippen LogP contribution is -2.32. The van der Waals surface area contributed by atoms with Gasteiger partial charge in [0.25, 0.3) is 0 Å². The summed E-state index contributed by atoms with van der Waals surface area (Å²) in [5.41, 5.74) is 6.43. The molecule has 0 bridgehead atoms. The van der Waals surface area contributed by atoms with Crippen LogP contribution in [-0.4, -0.2) is 24.7 Å². The van der Waals surface area contributed by atoms with Crippen LogP contribution in [0.25, 0.3) is 0 Å². The summed E-state index contributed by atoms with van der Waals surface area (Å²) in [4.78, 5) is 11.3. The fourth-order valence-electron chi connectivity index (χ4n) is 2.49. The first-order chi connectivity index (χ1) is 11.4. The van der Waals surface area contributed by atoms with Gasteiger partial charge in [0.1, 0.15) is 0 Å². The van der Waals surface area contributed by atoms with Gasteiger partial charge in [0.05, 0.1) is 4.90 Å². The molecule has 1 fully saturated rings. The predicted octanol–water partition coefficient (Wildman–Crippen LogP) is 2.79. The normalized spacial score (nSPS) is 14.8. The average molecular weight is 365 g/mol. The summed E-state index contributed by atoms with van der Waals surface area (Å²) >= 11 is 5.93. The highest BCUT2D eigenvalue weighted by Gasteiger charge is 2.38. The van der Waals surface area contributed by atoms with Crippen molar-refractivity contribution in [2.24, 2.45) is 5.73 Å². The zero-order valence-electron chi connectivity index (χ0n) is 12.9. The number of hydrogen-bond donors (Lipinski definition) is 1. The first-order valence-corrected chi connectivity index (χ1v) is 9.36. The van der Waals surface area contributed by atoms with Crippen LogP contribution in [-0.2, 0) is 16.6 Å². The topological polar surface area (TPSA) is 80.5 Å². The van der Waals surface area contributed by atoms with Crippen molar-refractivity contribution >= 4 is 27.5 Å². The van der Waals surface area contributed by atoms with E-state index in [1.54, 1.807) is 42.5 Å². The third-order valence-electron chi connectivity index (χ3n) is 3.93. The summed E-state index contributed by atoms with van der Waals surface area (Å²) in [5.74, 6) is -0.507. The minimum atomic E-state index is -3.63. The van der Waals surface area contributed by atoms with Crippen molar-refractivity contribution < 1.29 is 13.2 Å². The van der Waals surface area contributed by atoms with Crippen LogP contribution in [0, 0.1) is 0 Å². The van der Waals surface area contributed by atoms with E-state index in [0.717, 1.165) is 18.4 Å². The van der Waals surface area contributed by atoms with Gasteiger partial charge in [0.2, 0.25) is 15.9 Å². The Morgan fingerprint density at radius 3 is 2.38 bits per heavy atom. The van der Waals surface area contributed by atoms with Gasteiger partial charge in [-0.05, 0) is 48.7 Å². The number of carbonyl (C=O) groups excluding carboxylic acids is 1. The molecule has 0 aliphatic heterocycles. The number of primary amides is 1. The molecule has 1 saturated carbocycles. The molecule has 2 N–H and O–H groups in total. The molecule has 7 heteroatoms. The van der Waals surface area contributed by atoms with Crippen LogP contribution in [0.4, 0.5) is 0 Å². The van der Waals surface area contributed by atoms with Gasteiger partial charge < -0.3 is 5.73 Å². The fourth-order valence-corrected chi connectivity index (χ4v) is 4.46. The van der Waals surface area contributed by atoms with E-state index in [1.807, 2.05) is 0 Å². The van der Waals surface area contributed by atoms with Crippen LogP contribution in [0.3, 0.4) is 0 Å². The number of hydrogen-bond acceptors (Lipinski definition) is 3. The highest BCUT2D eigenvalue weighted by molar-refractivity contribution is 7.89. The van der Waals surface area contributed by atoms with Crippen molar-refractivity contribution in [3.63, 3.8) is 0 Å². The lowest BCUT2D eigenvalue weighted by atomic mass is 10.1. The first-order valence-electron chi connectivity index (χ1n) is 7.54. The van der Waals surface area contributed by atoms with Crippen LogP contribution >= 0.6 is 11.6 Å². The van der Waals surface area contributed by atoms with E-state index in [4.69, 9.17) is 17.3 Å². The number of amides is 1. The van der Waals surface area contributed by atoms with E-state index in [0.29, 0.717) is 10.6 Å². The van der Waals surface area contributed by atoms with Gasteiger partial charge in [0.15, 0.2) is 0 Å². The zero-order valence-corrected chi connectivity index (χ0v) is 14.4. The van der Waals surface area contributed by atoms with E-state index >= 15 is 0 Å². The molecular weight excluding hydrogens is 348 g/mol. The second-order valence-corrected chi connectivity index (χ2v) is 8.13. The maximum absolute atomic E-state index is 12.9. The Balaban J connectivity index is 1.88. The Hall–Kier alpha value is -1.89. The van der Waals surface area contributed by atoms with E-state index in [-0.39, 0.29) is 17.5 Å². The molecule has 0 unspecified atom stereocenters. The molecule has 0 atom stereocenters. The molecule has 1 amide bonds. The zero-order chi connectivity index (χ0) is 17.3. The minimum absolute atomic E-state index is 0.00444. The smallest absolute Gasteiger partial charge is 0.248 e. The van der Waals surface area contributed by atoms with E-state index in [1.165, 1.54) is 10.4 Å². The lowest BCUT2D eigenvalue weighted by molar-refractivity contribution is 0.1000. The third kappa shape index (κ3) is 3.61. The Bertz CT molecular complexity index is 862. The van der Waals surface area contributed by atoms with Crippen molar-refractivity contribution in [1.82, 2.24) is 4.31 Å². The second kappa shape index (κ2) is 6.55. The molecule has 0 heterocycles. The standard InChI is InChI=1S/C17H17ClN2O3S/c18-14-2-1-3-16(10-14)24(22,23)20(15-8-9-15)11-12-4-6-13(7-5-12)17(19)21/h1-7,10,15H,8-9,11H2,(H2,19,21). The average Bonchev–Trinajstić information content (AvgIpc) is 3.37. The molecular formula is C17H17ClN2O3S. The Morgan fingerprint density at radius 1 is 1.17 bits per heavy atom. The molecule has 126 valence electrons. The van der Waals surface area contributed by atoms with Crippen LogP contribution in [0.1, 0.15) is 28.8 Å². The predicted molar refractivity (Wildman–Crippen MR) is 92.2 cm³/mol. The number of nitrogens with two attached hydrogens (primary N) is 1. The number of benzene rings is 2. The number of rotatable bonds is 6. The van der Waals surface area contributed by atoms with Crippen LogP contribution in [0.5, 0.6) is 0 Å². The van der Waals surface area contributed by atoms with Gasteiger partial charge in [0, 0.05) is 23.2 Å². The molecule has 1 aliphatic rings. The van der Waals surface area contributed by atoms with Gasteiger partial charge in [-0.1, -0.05) is 29.8 Å². The largest absolute Gasteiger partial charge is 0.366 e. The maximum Gasteiger partial charge on any atom is 0.248 e. The molecule has 5 nitrogen and oxygen atoms in total. The third-order valence-corrected chi connectivity index (χ3v) is 6.06. The van der Waals surface area contributed by atoms with Crippen molar-refractivity contribution in [1.29, 1.82) is 0 Å². The van der Waals surface area contributed by atoms with Crippen molar-refractivity contribution in [3.8, 4) is 0 Å². The first kappa shape index (κ1) is 17.0. The lowest BCUT2D eigenvalue weighted by Gasteiger charge is -2.22. The van der Waals surface area contributed by atoms with Crippen LogP contribution in [0.15, 0.2) is 53.4 Å². The van der Waals surface area contributed by atoms with Gasteiger partial charge in [-0.25, -0.2) is 8.42 Å². The summed E-state index contributed by atoms with van der Waals surface area (Å²) in [6.07, 6.45) is 1.69. The summed E-state index contributed by atoms with van der Waals surface area (Å²) in [5, 5.41) is 0.387. The van der Waals surface area contributed by atoms with Crippen LogP contribution < -0.4 is 5.73 Å². The highest BCUT2D eigenvalue weighted by Crippen LogP contribution is 2.34. The number of sulfonamides is 1. The Kier molecular flexibility index (Phi) is 4.62. The number of carbonyl (C=O) groups is 1. The van der Waals surface area contributed by atoms with Gasteiger partial charge in [-0.3, -0.25) is 4.79 Å². The number of halogens is 1. The molecule has 0 radical (unpaired) electrons. The van der Waals surface area contributed by atoms with Crippen LogP contribution in [0.2, 0.25) is 5.02 Å². The summed E-state index contributed by atoms with van der Waals surface area (Å²) in [6, 6.07) is 12.9. The van der Waals surface area contributed by atoms with Crippen molar-refractivity contribution in [3.05, 3.63) is 64.7 Å². The monoisotopic (exact) mass is 364 g/mol. The highest BCUT2D eigenvalue weighted by atomic mass is 35.5. The SMILES string of the molecule is NC(=O)c1ccc(CN(C2CC2)S(=O)(=O)c2cccc(Cl)c2)cc1. The molecule has 1 aliphatic carbocycles. The summed E-state index contributed by atoms with van der Waals surface area (Å²) < 4.78 is 27.4. The second-order valence-electron chi connectivity index (χ2n) is 5.80. The molecule has 0 spiro atoms.